The van der Waals surface area contributed by atoms with Gasteiger partial charge >= 0.3 is 0 Å². The van der Waals surface area contributed by atoms with E-state index < -0.39 is 0 Å². The summed E-state index contributed by atoms with van der Waals surface area (Å²) in [5, 5.41) is 4.10. The second kappa shape index (κ2) is 8.36. The van der Waals surface area contributed by atoms with Gasteiger partial charge in [0.25, 0.3) is 0 Å². The second-order valence-electron chi connectivity index (χ2n) is 6.68. The minimum atomic E-state index is 0.143. The van der Waals surface area contributed by atoms with Crippen LogP contribution in [0.4, 0.5) is 5.82 Å². The zero-order chi connectivity index (χ0) is 20.3. The van der Waals surface area contributed by atoms with Crippen molar-refractivity contribution in [3.63, 3.8) is 0 Å². The van der Waals surface area contributed by atoms with E-state index in [9.17, 15) is 4.79 Å². The van der Waals surface area contributed by atoms with Gasteiger partial charge in [-0.2, -0.15) is 5.10 Å². The molecule has 1 amide bonds. The number of aromatic nitrogens is 6. The van der Waals surface area contributed by atoms with E-state index in [0.717, 1.165) is 33.5 Å². The first kappa shape index (κ1) is 18.9. The van der Waals surface area contributed by atoms with Crippen LogP contribution in [0.3, 0.4) is 0 Å². The Labute approximate surface area is 180 Å². The zero-order valence-corrected chi connectivity index (χ0v) is 17.6. The van der Waals surface area contributed by atoms with Crippen molar-refractivity contribution in [1.29, 1.82) is 0 Å². The molecular formula is C19H18N8OS2. The van der Waals surface area contributed by atoms with Gasteiger partial charge in [-0.05, 0) is 12.1 Å². The van der Waals surface area contributed by atoms with E-state index in [4.69, 9.17) is 0 Å². The third kappa shape index (κ3) is 3.98. The number of thioether (sulfide) groups is 1. The van der Waals surface area contributed by atoms with Gasteiger partial charge in [0, 0.05) is 32.2 Å². The van der Waals surface area contributed by atoms with E-state index in [1.54, 1.807) is 22.3 Å². The van der Waals surface area contributed by atoms with Crippen LogP contribution in [0.15, 0.2) is 53.7 Å². The summed E-state index contributed by atoms with van der Waals surface area (Å²) in [6.07, 6.45) is 4.60. The van der Waals surface area contributed by atoms with Crippen LogP contribution in [0.25, 0.3) is 16.0 Å². The number of hydrogen-bond acceptors (Lipinski definition) is 9. The van der Waals surface area contributed by atoms with Crippen LogP contribution in [0, 0.1) is 0 Å². The molecule has 4 heterocycles. The molecule has 1 aliphatic heterocycles. The van der Waals surface area contributed by atoms with Gasteiger partial charge in [-0.25, -0.2) is 24.6 Å². The summed E-state index contributed by atoms with van der Waals surface area (Å²) in [5.74, 6) is 2.05. The molecule has 30 heavy (non-hydrogen) atoms. The number of nitrogens with zero attached hydrogens (tertiary/aromatic N) is 8. The molecule has 3 aromatic heterocycles. The number of para-hydroxylation sites is 1. The van der Waals surface area contributed by atoms with Crippen LogP contribution >= 0.6 is 23.1 Å². The molecule has 1 aromatic carbocycles. The van der Waals surface area contributed by atoms with Gasteiger partial charge in [0.1, 0.15) is 24.8 Å². The molecule has 0 radical (unpaired) electrons. The molecule has 0 atom stereocenters. The Hall–Kier alpha value is -3.05. The second-order valence-corrected chi connectivity index (χ2v) is 8.93. The molecule has 0 N–H and O–H groups in total. The summed E-state index contributed by atoms with van der Waals surface area (Å²) in [6, 6.07) is 9.92. The van der Waals surface area contributed by atoms with Gasteiger partial charge in [0.2, 0.25) is 5.91 Å². The topological polar surface area (TPSA) is 92.9 Å². The van der Waals surface area contributed by atoms with Crippen molar-refractivity contribution in [1.82, 2.24) is 34.6 Å². The Bertz CT molecular complexity index is 1120. The van der Waals surface area contributed by atoms with Crippen molar-refractivity contribution in [2.45, 2.75) is 4.34 Å². The predicted octanol–water partition coefficient (Wildman–Crippen LogP) is 2.11. The van der Waals surface area contributed by atoms with E-state index in [-0.39, 0.29) is 5.91 Å². The highest BCUT2D eigenvalue weighted by Gasteiger charge is 2.22. The number of piperazine rings is 1. The lowest BCUT2D eigenvalue weighted by molar-refractivity contribution is -0.128. The molecule has 11 heteroatoms. The quantitative estimate of drug-likeness (QED) is 0.438. The lowest BCUT2D eigenvalue weighted by atomic mass is 10.3. The molecule has 0 bridgehead atoms. The molecule has 1 aliphatic rings. The Balaban J connectivity index is 1.16. The molecule has 0 spiro atoms. The van der Waals surface area contributed by atoms with Crippen LogP contribution in [0.1, 0.15) is 0 Å². The number of hydrogen-bond donors (Lipinski definition) is 0. The average molecular weight is 439 g/mol. The largest absolute Gasteiger partial charge is 0.353 e. The Morgan fingerprint density at radius 2 is 1.90 bits per heavy atom. The third-order valence-corrected chi connectivity index (χ3v) is 7.01. The lowest BCUT2D eigenvalue weighted by Crippen LogP contribution is -2.49. The number of carbonyl (C=O) groups is 1. The highest BCUT2D eigenvalue weighted by molar-refractivity contribution is 8.01. The van der Waals surface area contributed by atoms with E-state index >= 15 is 0 Å². The van der Waals surface area contributed by atoms with E-state index in [2.05, 4.69) is 36.0 Å². The molecule has 1 fully saturated rings. The van der Waals surface area contributed by atoms with E-state index in [1.165, 1.54) is 24.4 Å². The molecular weight excluding hydrogens is 420 g/mol. The smallest absolute Gasteiger partial charge is 0.233 e. The monoisotopic (exact) mass is 438 g/mol. The zero-order valence-electron chi connectivity index (χ0n) is 16.0. The van der Waals surface area contributed by atoms with Crippen molar-refractivity contribution in [3.8, 4) is 5.82 Å². The van der Waals surface area contributed by atoms with Crippen molar-refractivity contribution < 1.29 is 4.79 Å². The highest BCUT2D eigenvalue weighted by atomic mass is 32.2. The SMILES string of the molecule is O=C(CSc1nc2ccccc2s1)N1CCN(c2cc(-n3cncn3)ncn2)CC1. The number of amides is 1. The first-order valence-electron chi connectivity index (χ1n) is 9.44. The van der Waals surface area contributed by atoms with Gasteiger partial charge < -0.3 is 9.80 Å². The molecule has 5 rings (SSSR count). The van der Waals surface area contributed by atoms with Crippen molar-refractivity contribution in [3.05, 3.63) is 49.3 Å². The molecule has 0 aliphatic carbocycles. The number of thiazole rings is 1. The van der Waals surface area contributed by atoms with E-state index in [0.29, 0.717) is 24.7 Å². The third-order valence-electron chi connectivity index (χ3n) is 4.84. The fourth-order valence-corrected chi connectivity index (χ4v) is 5.25. The summed E-state index contributed by atoms with van der Waals surface area (Å²) in [5.41, 5.74) is 0.987. The van der Waals surface area contributed by atoms with Crippen molar-refractivity contribution in [2.75, 3.05) is 36.8 Å². The Morgan fingerprint density at radius 3 is 2.70 bits per heavy atom. The number of fused-ring (bicyclic) bond motifs is 1. The Morgan fingerprint density at radius 1 is 1.07 bits per heavy atom. The number of anilines is 1. The first-order chi connectivity index (χ1) is 14.8. The molecule has 1 saturated heterocycles. The minimum absolute atomic E-state index is 0.143. The summed E-state index contributed by atoms with van der Waals surface area (Å²) >= 11 is 3.14. The maximum atomic E-state index is 12.7. The molecule has 9 nitrogen and oxygen atoms in total. The van der Waals surface area contributed by atoms with Gasteiger partial charge in [0.15, 0.2) is 10.2 Å². The van der Waals surface area contributed by atoms with Crippen LogP contribution < -0.4 is 4.90 Å². The fourth-order valence-electron chi connectivity index (χ4n) is 3.27. The van der Waals surface area contributed by atoms with Gasteiger partial charge in [-0.1, -0.05) is 23.9 Å². The average Bonchev–Trinajstić information content (AvgIpc) is 3.47. The number of benzene rings is 1. The Kier molecular flexibility index (Phi) is 5.28. The van der Waals surface area contributed by atoms with Gasteiger partial charge in [-0.15, -0.1) is 11.3 Å². The summed E-state index contributed by atoms with van der Waals surface area (Å²) in [4.78, 5) is 33.9. The molecule has 0 saturated carbocycles. The molecule has 152 valence electrons. The van der Waals surface area contributed by atoms with Crippen LogP contribution in [-0.2, 0) is 4.79 Å². The summed E-state index contributed by atoms with van der Waals surface area (Å²) in [7, 11) is 0. The number of rotatable bonds is 5. The highest BCUT2D eigenvalue weighted by Crippen LogP contribution is 2.29. The number of carbonyl (C=O) groups excluding carboxylic acids is 1. The minimum Gasteiger partial charge on any atom is -0.353 e. The molecule has 0 unspecified atom stereocenters. The maximum Gasteiger partial charge on any atom is 0.233 e. The van der Waals surface area contributed by atoms with Crippen molar-refractivity contribution >= 4 is 45.0 Å². The van der Waals surface area contributed by atoms with E-state index in [1.807, 2.05) is 29.2 Å². The normalized spacial score (nSPS) is 14.4. The maximum absolute atomic E-state index is 12.7. The summed E-state index contributed by atoms with van der Waals surface area (Å²) in [6.45, 7) is 2.79. The standard InChI is InChI=1S/C19H18N8OS2/c28-18(10-29-19-24-14-3-1-2-4-15(14)30-19)26-7-5-25(6-8-26)16-9-17(22-12-21-16)27-13-20-11-23-27/h1-4,9,11-13H,5-8,10H2. The predicted molar refractivity (Wildman–Crippen MR) is 116 cm³/mol. The van der Waals surface area contributed by atoms with Crippen LogP contribution in [-0.4, -0.2) is 72.5 Å². The first-order valence-corrected chi connectivity index (χ1v) is 11.2. The summed E-state index contributed by atoms with van der Waals surface area (Å²) < 4.78 is 3.69. The molecule has 4 aromatic rings. The van der Waals surface area contributed by atoms with Crippen LogP contribution in [0.2, 0.25) is 0 Å². The van der Waals surface area contributed by atoms with Crippen molar-refractivity contribution in [2.24, 2.45) is 0 Å². The van der Waals surface area contributed by atoms with Crippen LogP contribution in [0.5, 0.6) is 0 Å². The fraction of sp³-hybridized carbons (Fsp3) is 0.263. The lowest BCUT2D eigenvalue weighted by Gasteiger charge is -2.35. The van der Waals surface area contributed by atoms with Gasteiger partial charge in [0.05, 0.1) is 16.0 Å². The van der Waals surface area contributed by atoms with Gasteiger partial charge in [-0.3, -0.25) is 4.79 Å².